The third-order valence-electron chi connectivity index (χ3n) is 4.42. The molecule has 3 N–H and O–H groups in total. The molecule has 2 heterocycles. The van der Waals surface area contributed by atoms with Crippen LogP contribution in [0.5, 0.6) is 0 Å². The van der Waals surface area contributed by atoms with Crippen LogP contribution >= 0.6 is 22.9 Å². The molecule has 158 valence electrons. The highest BCUT2D eigenvalue weighted by atomic mass is 35.5. The van der Waals surface area contributed by atoms with Gasteiger partial charge in [-0.05, 0) is 42.5 Å². The zero-order chi connectivity index (χ0) is 22.0. The van der Waals surface area contributed by atoms with Gasteiger partial charge in [-0.1, -0.05) is 41.9 Å². The Kier molecular flexibility index (Phi) is 5.92. The number of benzene rings is 2. The second-order valence-electron chi connectivity index (χ2n) is 6.62. The van der Waals surface area contributed by atoms with Crippen LogP contribution in [0.3, 0.4) is 0 Å². The number of carbonyl (C=O) groups is 1. The van der Waals surface area contributed by atoms with E-state index in [1.54, 1.807) is 28.9 Å². The zero-order valence-electron chi connectivity index (χ0n) is 16.0. The molecule has 0 spiro atoms. The summed E-state index contributed by atoms with van der Waals surface area (Å²) in [6, 6.07) is 21.3. The number of hydrogen-bond acceptors (Lipinski definition) is 5. The lowest BCUT2D eigenvalue weighted by atomic mass is 10.1. The highest BCUT2D eigenvalue weighted by molar-refractivity contribution is 7.91. The molecule has 0 bridgehead atoms. The van der Waals surface area contributed by atoms with E-state index in [9.17, 15) is 13.2 Å². The SMILES string of the molecule is NS(=O)(=O)c1ccc(CNC(=O)c2cc(-c3ccc(Cl)cc3)nn2-c2ccccc2)s1. The number of primary sulfonamides is 1. The Bertz CT molecular complexity index is 1330. The van der Waals surface area contributed by atoms with Crippen LogP contribution in [0.15, 0.2) is 77.0 Å². The topological polar surface area (TPSA) is 107 Å². The summed E-state index contributed by atoms with van der Waals surface area (Å²) in [5.74, 6) is -0.345. The average molecular weight is 473 g/mol. The molecule has 1 amide bonds. The van der Waals surface area contributed by atoms with Gasteiger partial charge in [0.15, 0.2) is 0 Å². The van der Waals surface area contributed by atoms with Crippen LogP contribution in [0.4, 0.5) is 0 Å². The summed E-state index contributed by atoms with van der Waals surface area (Å²) in [4.78, 5) is 13.7. The Hall–Kier alpha value is -2.98. The summed E-state index contributed by atoms with van der Waals surface area (Å²) < 4.78 is 24.5. The Morgan fingerprint density at radius 3 is 2.42 bits per heavy atom. The van der Waals surface area contributed by atoms with Gasteiger partial charge < -0.3 is 5.32 Å². The Morgan fingerprint density at radius 2 is 1.77 bits per heavy atom. The summed E-state index contributed by atoms with van der Waals surface area (Å²) in [6.07, 6.45) is 0. The van der Waals surface area contributed by atoms with Crippen molar-refractivity contribution >= 4 is 38.9 Å². The second kappa shape index (κ2) is 8.64. The number of sulfonamides is 1. The quantitative estimate of drug-likeness (QED) is 0.444. The smallest absolute Gasteiger partial charge is 0.270 e. The van der Waals surface area contributed by atoms with Gasteiger partial charge in [0.2, 0.25) is 10.0 Å². The molecule has 0 aliphatic carbocycles. The Balaban J connectivity index is 1.63. The number of halogens is 1. The molecule has 2 aromatic carbocycles. The molecule has 10 heteroatoms. The lowest BCUT2D eigenvalue weighted by Gasteiger charge is -2.07. The predicted molar refractivity (Wildman–Crippen MR) is 121 cm³/mol. The number of rotatable bonds is 6. The first kappa shape index (κ1) is 21.3. The fraction of sp³-hybridized carbons (Fsp3) is 0.0476. The summed E-state index contributed by atoms with van der Waals surface area (Å²) in [5, 5.41) is 13.2. The Labute approximate surface area is 188 Å². The normalized spacial score (nSPS) is 11.4. The molecule has 2 aromatic heterocycles. The largest absolute Gasteiger partial charge is 0.346 e. The van der Waals surface area contributed by atoms with Gasteiger partial charge in [-0.3, -0.25) is 4.79 Å². The minimum absolute atomic E-state index is 0.0519. The van der Waals surface area contributed by atoms with Gasteiger partial charge in [-0.2, -0.15) is 5.10 Å². The summed E-state index contributed by atoms with van der Waals surface area (Å²) in [5.41, 5.74) is 2.53. The van der Waals surface area contributed by atoms with Gasteiger partial charge in [0.25, 0.3) is 5.91 Å². The number of thiophene rings is 1. The van der Waals surface area contributed by atoms with Gasteiger partial charge in [0.05, 0.1) is 17.9 Å². The maximum atomic E-state index is 13.0. The third-order valence-corrected chi connectivity index (χ3v) is 7.20. The van der Waals surface area contributed by atoms with Crippen molar-refractivity contribution in [1.29, 1.82) is 0 Å². The van der Waals surface area contributed by atoms with Crippen LogP contribution in [0, 0.1) is 0 Å². The van der Waals surface area contributed by atoms with E-state index in [0.717, 1.165) is 22.6 Å². The Morgan fingerprint density at radius 1 is 1.06 bits per heavy atom. The van der Waals surface area contributed by atoms with E-state index >= 15 is 0 Å². The lowest BCUT2D eigenvalue weighted by Crippen LogP contribution is -2.25. The third kappa shape index (κ3) is 4.86. The molecule has 0 radical (unpaired) electrons. The number of para-hydroxylation sites is 1. The number of hydrogen-bond donors (Lipinski definition) is 2. The van der Waals surface area contributed by atoms with E-state index in [2.05, 4.69) is 10.4 Å². The molecule has 0 atom stereocenters. The van der Waals surface area contributed by atoms with Crippen LogP contribution in [-0.4, -0.2) is 24.1 Å². The first-order valence-corrected chi connectivity index (χ1v) is 11.9. The molecule has 0 unspecified atom stereocenters. The molecular formula is C21H17ClN4O3S2. The number of amides is 1. The van der Waals surface area contributed by atoms with Crippen LogP contribution in [-0.2, 0) is 16.6 Å². The fourth-order valence-electron chi connectivity index (χ4n) is 2.93. The van der Waals surface area contributed by atoms with E-state index in [1.807, 2.05) is 42.5 Å². The predicted octanol–water partition coefficient (Wildman–Crippen LogP) is 3.83. The molecule has 0 saturated carbocycles. The number of nitrogens with one attached hydrogen (secondary N) is 1. The maximum Gasteiger partial charge on any atom is 0.270 e. The average Bonchev–Trinajstić information content (AvgIpc) is 3.41. The molecule has 0 saturated heterocycles. The summed E-state index contributed by atoms with van der Waals surface area (Å²) >= 11 is 7.00. The molecule has 4 rings (SSSR count). The van der Waals surface area contributed by atoms with Crippen molar-refractivity contribution in [2.45, 2.75) is 10.8 Å². The number of nitrogens with two attached hydrogens (primary N) is 1. The minimum Gasteiger partial charge on any atom is -0.346 e. The van der Waals surface area contributed by atoms with Gasteiger partial charge in [-0.25, -0.2) is 18.2 Å². The molecule has 7 nitrogen and oxygen atoms in total. The molecule has 31 heavy (non-hydrogen) atoms. The van der Waals surface area contributed by atoms with Crippen molar-refractivity contribution in [3.05, 3.63) is 88.4 Å². The van der Waals surface area contributed by atoms with E-state index < -0.39 is 10.0 Å². The van der Waals surface area contributed by atoms with Crippen molar-refractivity contribution in [3.63, 3.8) is 0 Å². The van der Waals surface area contributed by atoms with Crippen molar-refractivity contribution in [2.24, 2.45) is 5.14 Å². The first-order valence-electron chi connectivity index (χ1n) is 9.12. The van der Waals surface area contributed by atoms with Crippen molar-refractivity contribution < 1.29 is 13.2 Å². The van der Waals surface area contributed by atoms with E-state index in [4.69, 9.17) is 16.7 Å². The maximum absolute atomic E-state index is 13.0. The highest BCUT2D eigenvalue weighted by Crippen LogP contribution is 2.24. The van der Waals surface area contributed by atoms with Gasteiger partial charge in [0.1, 0.15) is 9.90 Å². The number of nitrogens with zero attached hydrogens (tertiary/aromatic N) is 2. The molecular weight excluding hydrogens is 456 g/mol. The van der Waals surface area contributed by atoms with Crippen molar-refractivity contribution in [2.75, 3.05) is 0 Å². The lowest BCUT2D eigenvalue weighted by molar-refractivity contribution is 0.0943. The monoisotopic (exact) mass is 472 g/mol. The van der Waals surface area contributed by atoms with Gasteiger partial charge in [-0.15, -0.1) is 11.3 Å². The standard InChI is InChI=1S/C21H17ClN4O3S2/c22-15-8-6-14(7-9-15)18-12-19(26(25-18)16-4-2-1-3-5-16)21(27)24-13-17-10-11-20(30-17)31(23,28)29/h1-12H,13H2,(H,24,27)(H2,23,28,29). The minimum atomic E-state index is -3.76. The van der Waals surface area contributed by atoms with Crippen molar-refractivity contribution in [1.82, 2.24) is 15.1 Å². The fourth-order valence-corrected chi connectivity index (χ4v) is 4.78. The summed E-state index contributed by atoms with van der Waals surface area (Å²) in [6.45, 7) is 0.162. The molecule has 4 aromatic rings. The van der Waals surface area contributed by atoms with Crippen LogP contribution in [0.1, 0.15) is 15.4 Å². The highest BCUT2D eigenvalue weighted by Gasteiger charge is 2.18. The van der Waals surface area contributed by atoms with Gasteiger partial charge >= 0.3 is 0 Å². The molecule has 0 fully saturated rings. The van der Waals surface area contributed by atoms with E-state index in [1.165, 1.54) is 6.07 Å². The first-order chi connectivity index (χ1) is 14.8. The van der Waals surface area contributed by atoms with Gasteiger partial charge in [0, 0.05) is 15.5 Å². The zero-order valence-corrected chi connectivity index (χ0v) is 18.4. The second-order valence-corrected chi connectivity index (χ2v) is 10.0. The number of aromatic nitrogens is 2. The van der Waals surface area contributed by atoms with E-state index in [-0.39, 0.29) is 16.7 Å². The molecule has 0 aliphatic heterocycles. The van der Waals surface area contributed by atoms with E-state index in [0.29, 0.717) is 21.3 Å². The van der Waals surface area contributed by atoms with Crippen LogP contribution in [0.2, 0.25) is 5.02 Å². The van der Waals surface area contributed by atoms with Crippen LogP contribution in [0.25, 0.3) is 16.9 Å². The van der Waals surface area contributed by atoms with Crippen molar-refractivity contribution in [3.8, 4) is 16.9 Å². The number of carbonyl (C=O) groups excluding carboxylic acids is 1. The summed E-state index contributed by atoms with van der Waals surface area (Å²) in [7, 11) is -3.76. The molecule has 0 aliphatic rings. The van der Waals surface area contributed by atoms with Crippen LogP contribution < -0.4 is 10.5 Å².